The van der Waals surface area contributed by atoms with Crippen LogP contribution in [0, 0.1) is 6.92 Å². The van der Waals surface area contributed by atoms with Crippen LogP contribution in [0.4, 0.5) is 0 Å². The van der Waals surface area contributed by atoms with Crippen LogP contribution in [0.15, 0.2) is 34.4 Å². The zero-order chi connectivity index (χ0) is 13.3. The normalized spacial score (nSPS) is 12.9. The van der Waals surface area contributed by atoms with E-state index in [1.165, 1.54) is 0 Å². The standard InChI is InChI=1S/C14H18N2OS/c1-9(2)16-10(3)6-7-11(14(16)17)13(15)12-5-4-8-18-12/h4-9,13H,15H2,1-3H3. The molecule has 96 valence electrons. The van der Waals surface area contributed by atoms with E-state index < -0.39 is 0 Å². The Labute approximate surface area is 111 Å². The maximum atomic E-state index is 12.5. The van der Waals surface area contributed by atoms with Gasteiger partial charge >= 0.3 is 0 Å². The smallest absolute Gasteiger partial charge is 0.256 e. The van der Waals surface area contributed by atoms with E-state index in [1.54, 1.807) is 15.9 Å². The van der Waals surface area contributed by atoms with Crippen LogP contribution in [0.2, 0.25) is 0 Å². The minimum atomic E-state index is -0.330. The molecule has 0 saturated heterocycles. The van der Waals surface area contributed by atoms with Crippen LogP contribution in [-0.4, -0.2) is 4.57 Å². The van der Waals surface area contributed by atoms with Crippen molar-refractivity contribution in [2.75, 3.05) is 0 Å². The first-order chi connectivity index (χ1) is 8.52. The molecule has 2 rings (SSSR count). The number of hydrogen-bond acceptors (Lipinski definition) is 3. The highest BCUT2D eigenvalue weighted by Crippen LogP contribution is 2.22. The molecule has 0 aromatic carbocycles. The van der Waals surface area contributed by atoms with Gasteiger partial charge in [-0.1, -0.05) is 6.07 Å². The van der Waals surface area contributed by atoms with Gasteiger partial charge in [-0.05, 0) is 44.4 Å². The topological polar surface area (TPSA) is 48.0 Å². The van der Waals surface area contributed by atoms with Gasteiger partial charge in [-0.3, -0.25) is 4.79 Å². The van der Waals surface area contributed by atoms with Crippen molar-refractivity contribution in [3.8, 4) is 0 Å². The Bertz CT molecular complexity index is 584. The SMILES string of the molecule is Cc1ccc(C(N)c2cccs2)c(=O)n1C(C)C. The lowest BCUT2D eigenvalue weighted by Crippen LogP contribution is -2.30. The predicted molar refractivity (Wildman–Crippen MR) is 76.2 cm³/mol. The third-order valence-corrected chi connectivity index (χ3v) is 4.01. The molecule has 0 aliphatic rings. The molecule has 3 nitrogen and oxygen atoms in total. The number of aromatic nitrogens is 1. The maximum absolute atomic E-state index is 12.5. The first kappa shape index (κ1) is 13.1. The number of thiophene rings is 1. The summed E-state index contributed by atoms with van der Waals surface area (Å²) in [5, 5.41) is 1.98. The summed E-state index contributed by atoms with van der Waals surface area (Å²) < 4.78 is 1.79. The fraction of sp³-hybridized carbons (Fsp3) is 0.357. The number of pyridine rings is 1. The highest BCUT2D eigenvalue weighted by Gasteiger charge is 2.16. The van der Waals surface area contributed by atoms with Gasteiger partial charge in [-0.25, -0.2) is 0 Å². The second kappa shape index (κ2) is 5.08. The lowest BCUT2D eigenvalue weighted by atomic mass is 10.1. The lowest BCUT2D eigenvalue weighted by Gasteiger charge is -2.17. The molecule has 0 aliphatic carbocycles. The highest BCUT2D eigenvalue weighted by molar-refractivity contribution is 7.10. The highest BCUT2D eigenvalue weighted by atomic mass is 32.1. The number of aryl methyl sites for hydroxylation is 1. The van der Waals surface area contributed by atoms with Crippen LogP contribution in [0.5, 0.6) is 0 Å². The molecular formula is C14H18N2OS. The van der Waals surface area contributed by atoms with Crippen LogP contribution in [-0.2, 0) is 0 Å². The summed E-state index contributed by atoms with van der Waals surface area (Å²) in [5.41, 5.74) is 7.83. The van der Waals surface area contributed by atoms with Gasteiger partial charge in [0.05, 0.1) is 6.04 Å². The van der Waals surface area contributed by atoms with Crippen LogP contribution in [0.1, 0.15) is 42.1 Å². The van der Waals surface area contributed by atoms with E-state index in [9.17, 15) is 4.79 Å². The van der Waals surface area contributed by atoms with Gasteiger partial charge in [0.2, 0.25) is 0 Å². The van der Waals surface area contributed by atoms with Crippen molar-refractivity contribution in [2.24, 2.45) is 5.73 Å². The van der Waals surface area contributed by atoms with Crippen LogP contribution < -0.4 is 11.3 Å². The van der Waals surface area contributed by atoms with Gasteiger partial charge in [0.1, 0.15) is 0 Å². The Morgan fingerprint density at radius 2 is 2.00 bits per heavy atom. The van der Waals surface area contributed by atoms with Crippen molar-refractivity contribution in [3.05, 3.63) is 56.1 Å². The summed E-state index contributed by atoms with van der Waals surface area (Å²) >= 11 is 1.58. The average molecular weight is 262 g/mol. The van der Waals surface area contributed by atoms with E-state index in [4.69, 9.17) is 5.73 Å². The summed E-state index contributed by atoms with van der Waals surface area (Å²) in [6.07, 6.45) is 0. The first-order valence-corrected chi connectivity index (χ1v) is 6.91. The fourth-order valence-electron chi connectivity index (χ4n) is 2.16. The summed E-state index contributed by atoms with van der Waals surface area (Å²) in [5.74, 6) is 0. The Kier molecular flexibility index (Phi) is 3.68. The van der Waals surface area contributed by atoms with Gasteiger partial charge in [-0.2, -0.15) is 0 Å². The molecule has 0 fully saturated rings. The quantitative estimate of drug-likeness (QED) is 0.924. The monoisotopic (exact) mass is 262 g/mol. The van der Waals surface area contributed by atoms with Crippen LogP contribution in [0.3, 0.4) is 0 Å². The summed E-state index contributed by atoms with van der Waals surface area (Å²) in [6, 6.07) is 7.55. The zero-order valence-electron chi connectivity index (χ0n) is 10.9. The van der Waals surface area contributed by atoms with E-state index in [0.717, 1.165) is 10.6 Å². The molecule has 0 aliphatic heterocycles. The van der Waals surface area contributed by atoms with Crippen molar-refractivity contribution in [3.63, 3.8) is 0 Å². The van der Waals surface area contributed by atoms with Gasteiger partial charge < -0.3 is 10.3 Å². The minimum absolute atomic E-state index is 0.0194. The molecule has 2 heterocycles. The average Bonchev–Trinajstić information content (AvgIpc) is 2.81. The molecule has 0 bridgehead atoms. The molecule has 2 N–H and O–H groups in total. The number of nitrogens with zero attached hydrogens (tertiary/aromatic N) is 1. The predicted octanol–water partition coefficient (Wildman–Crippen LogP) is 2.85. The van der Waals surface area contributed by atoms with Crippen molar-refractivity contribution < 1.29 is 0 Å². The Balaban J connectivity index is 2.53. The van der Waals surface area contributed by atoms with Gasteiger partial charge in [0, 0.05) is 22.2 Å². The second-order valence-corrected chi connectivity index (χ2v) is 5.67. The first-order valence-electron chi connectivity index (χ1n) is 6.03. The molecule has 0 amide bonds. The van der Waals surface area contributed by atoms with Crippen LogP contribution in [0.25, 0.3) is 0 Å². The second-order valence-electron chi connectivity index (χ2n) is 4.69. The van der Waals surface area contributed by atoms with Gasteiger partial charge in [-0.15, -0.1) is 11.3 Å². The Morgan fingerprint density at radius 3 is 2.56 bits per heavy atom. The molecule has 2 aromatic rings. The molecule has 4 heteroatoms. The third kappa shape index (κ3) is 2.26. The summed E-state index contributed by atoms with van der Waals surface area (Å²) in [4.78, 5) is 13.5. The largest absolute Gasteiger partial charge is 0.319 e. The lowest BCUT2D eigenvalue weighted by molar-refractivity contribution is 0.555. The molecule has 1 atom stereocenters. The molecule has 1 unspecified atom stereocenters. The Morgan fingerprint density at radius 1 is 1.28 bits per heavy atom. The number of rotatable bonds is 3. The number of hydrogen-bond donors (Lipinski definition) is 1. The van der Waals surface area contributed by atoms with Crippen molar-refractivity contribution in [2.45, 2.75) is 32.9 Å². The molecule has 0 radical (unpaired) electrons. The maximum Gasteiger partial charge on any atom is 0.256 e. The molecule has 18 heavy (non-hydrogen) atoms. The van der Waals surface area contributed by atoms with E-state index in [0.29, 0.717) is 5.56 Å². The third-order valence-electron chi connectivity index (χ3n) is 3.05. The van der Waals surface area contributed by atoms with Crippen LogP contribution >= 0.6 is 11.3 Å². The van der Waals surface area contributed by atoms with E-state index in [1.807, 2.05) is 50.4 Å². The van der Waals surface area contributed by atoms with E-state index in [-0.39, 0.29) is 17.6 Å². The van der Waals surface area contributed by atoms with Crippen molar-refractivity contribution in [1.82, 2.24) is 4.57 Å². The molecule has 0 saturated carbocycles. The van der Waals surface area contributed by atoms with E-state index in [2.05, 4.69) is 0 Å². The fourth-order valence-corrected chi connectivity index (χ4v) is 2.91. The molecule has 0 spiro atoms. The van der Waals surface area contributed by atoms with Crippen molar-refractivity contribution >= 4 is 11.3 Å². The molecule has 2 aromatic heterocycles. The van der Waals surface area contributed by atoms with Gasteiger partial charge in [0.15, 0.2) is 0 Å². The van der Waals surface area contributed by atoms with E-state index >= 15 is 0 Å². The summed E-state index contributed by atoms with van der Waals surface area (Å²) in [6.45, 7) is 5.96. The minimum Gasteiger partial charge on any atom is -0.319 e. The number of nitrogens with two attached hydrogens (primary N) is 1. The van der Waals surface area contributed by atoms with Crippen molar-refractivity contribution in [1.29, 1.82) is 0 Å². The summed E-state index contributed by atoms with van der Waals surface area (Å²) in [7, 11) is 0. The van der Waals surface area contributed by atoms with Gasteiger partial charge in [0.25, 0.3) is 5.56 Å². The Hall–Kier alpha value is -1.39. The molecular weight excluding hydrogens is 244 g/mol. The zero-order valence-corrected chi connectivity index (χ0v) is 11.7.